The zero-order valence-electron chi connectivity index (χ0n) is 11.3. The highest BCUT2D eigenvalue weighted by Gasteiger charge is 2.38. The molecule has 0 unspecified atom stereocenters. The number of allylic oxidation sites excluding steroid dienone is 2. The molecule has 0 saturated carbocycles. The van der Waals surface area contributed by atoms with Crippen LogP contribution in [-0.4, -0.2) is 17.1 Å². The van der Waals surface area contributed by atoms with Gasteiger partial charge >= 0.3 is 5.97 Å². The molecule has 1 heterocycles. The van der Waals surface area contributed by atoms with Crippen molar-refractivity contribution in [1.29, 1.82) is 0 Å². The number of aromatic carboxylic acids is 1. The third kappa shape index (κ3) is 1.93. The second kappa shape index (κ2) is 4.41. The van der Waals surface area contributed by atoms with Crippen molar-refractivity contribution in [1.82, 2.24) is 0 Å². The van der Waals surface area contributed by atoms with Crippen molar-refractivity contribution in [2.24, 2.45) is 11.8 Å². The van der Waals surface area contributed by atoms with Crippen LogP contribution in [0.1, 0.15) is 42.1 Å². The van der Waals surface area contributed by atoms with Crippen LogP contribution in [0.3, 0.4) is 0 Å². The summed E-state index contributed by atoms with van der Waals surface area (Å²) in [6.45, 7) is 4.48. The van der Waals surface area contributed by atoms with Gasteiger partial charge in [0.1, 0.15) is 0 Å². The number of nitrogens with one attached hydrogen (secondary N) is 1. The van der Waals surface area contributed by atoms with Gasteiger partial charge in [0.15, 0.2) is 0 Å². The van der Waals surface area contributed by atoms with Crippen LogP contribution in [0.2, 0.25) is 0 Å². The Balaban J connectivity index is 2.05. The van der Waals surface area contributed by atoms with E-state index in [9.17, 15) is 4.79 Å². The van der Waals surface area contributed by atoms with Crippen LogP contribution in [0.4, 0.5) is 5.69 Å². The molecule has 3 rings (SSSR count). The maximum Gasteiger partial charge on any atom is 0.335 e. The van der Waals surface area contributed by atoms with Gasteiger partial charge in [-0.2, -0.15) is 0 Å². The minimum Gasteiger partial charge on any atom is -0.478 e. The standard InChI is InChI=1S/C16H19NO2/c1-9(2)15-12-5-3-4-11(12)13-8-10(16(18)19)6-7-14(13)17-15/h3-4,6-9,11-12,15,17H,5H2,1-2H3,(H,18,19)/t11-,12+,15+/m1/s1. The molecule has 1 aliphatic heterocycles. The molecular weight excluding hydrogens is 238 g/mol. The second-order valence-electron chi connectivity index (χ2n) is 5.87. The summed E-state index contributed by atoms with van der Waals surface area (Å²) in [5.41, 5.74) is 2.61. The summed E-state index contributed by atoms with van der Waals surface area (Å²) in [4.78, 5) is 11.1. The second-order valence-corrected chi connectivity index (χ2v) is 5.87. The molecule has 0 aromatic heterocycles. The van der Waals surface area contributed by atoms with Gasteiger partial charge in [-0.1, -0.05) is 26.0 Å². The van der Waals surface area contributed by atoms with Crippen LogP contribution in [-0.2, 0) is 0 Å². The van der Waals surface area contributed by atoms with Crippen LogP contribution in [0.25, 0.3) is 0 Å². The van der Waals surface area contributed by atoms with Crippen LogP contribution in [0.5, 0.6) is 0 Å². The number of fused-ring (bicyclic) bond motifs is 3. The SMILES string of the molecule is CC(C)[C@@H]1Nc2ccc(C(=O)O)cc2[C@@H]2C=CC[C@@H]21. The molecule has 3 heteroatoms. The van der Waals surface area contributed by atoms with Crippen molar-refractivity contribution in [2.45, 2.75) is 32.2 Å². The molecule has 0 spiro atoms. The number of carboxylic acid groups (broad SMARTS) is 1. The highest BCUT2D eigenvalue weighted by atomic mass is 16.4. The van der Waals surface area contributed by atoms with Crippen LogP contribution < -0.4 is 5.32 Å². The molecule has 3 nitrogen and oxygen atoms in total. The Labute approximate surface area is 113 Å². The summed E-state index contributed by atoms with van der Waals surface area (Å²) >= 11 is 0. The van der Waals surface area contributed by atoms with E-state index in [1.807, 2.05) is 12.1 Å². The molecule has 2 N–H and O–H groups in total. The zero-order chi connectivity index (χ0) is 13.6. The summed E-state index contributed by atoms with van der Waals surface area (Å²) in [7, 11) is 0. The Morgan fingerprint density at radius 2 is 2.21 bits per heavy atom. The van der Waals surface area contributed by atoms with Crippen LogP contribution in [0, 0.1) is 11.8 Å². The number of carboxylic acids is 1. The van der Waals surface area contributed by atoms with E-state index < -0.39 is 5.97 Å². The predicted molar refractivity (Wildman–Crippen MR) is 75.6 cm³/mol. The Morgan fingerprint density at radius 3 is 2.89 bits per heavy atom. The third-order valence-corrected chi connectivity index (χ3v) is 4.37. The number of hydrogen-bond acceptors (Lipinski definition) is 2. The molecule has 0 saturated heterocycles. The summed E-state index contributed by atoms with van der Waals surface area (Å²) in [6.07, 6.45) is 5.55. The third-order valence-electron chi connectivity index (χ3n) is 4.37. The molecule has 0 bridgehead atoms. The minimum atomic E-state index is -0.854. The number of benzene rings is 1. The fourth-order valence-corrected chi connectivity index (χ4v) is 3.43. The molecule has 19 heavy (non-hydrogen) atoms. The van der Waals surface area contributed by atoms with Crippen molar-refractivity contribution in [3.63, 3.8) is 0 Å². The molecule has 0 fully saturated rings. The molecule has 0 radical (unpaired) electrons. The Bertz CT molecular complexity index is 548. The van der Waals surface area contributed by atoms with E-state index >= 15 is 0 Å². The summed E-state index contributed by atoms with van der Waals surface area (Å²) in [5.74, 6) is 0.631. The molecular formula is C16H19NO2. The van der Waals surface area contributed by atoms with Crippen LogP contribution in [0.15, 0.2) is 30.4 Å². The number of carbonyl (C=O) groups is 1. The summed E-state index contributed by atoms with van der Waals surface area (Å²) in [6, 6.07) is 5.89. The van der Waals surface area contributed by atoms with E-state index in [2.05, 4.69) is 31.3 Å². The van der Waals surface area contributed by atoms with E-state index in [1.165, 1.54) is 0 Å². The lowest BCUT2D eigenvalue weighted by Gasteiger charge is -2.39. The lowest BCUT2D eigenvalue weighted by molar-refractivity contribution is 0.0696. The van der Waals surface area contributed by atoms with E-state index in [1.54, 1.807) is 6.07 Å². The monoisotopic (exact) mass is 257 g/mol. The molecule has 1 aliphatic carbocycles. The van der Waals surface area contributed by atoms with Crippen molar-refractivity contribution < 1.29 is 9.90 Å². The highest BCUT2D eigenvalue weighted by Crippen LogP contribution is 2.46. The first kappa shape index (κ1) is 12.3. The van der Waals surface area contributed by atoms with Crippen LogP contribution >= 0.6 is 0 Å². The molecule has 2 aliphatic rings. The van der Waals surface area contributed by atoms with E-state index in [0.29, 0.717) is 29.4 Å². The van der Waals surface area contributed by atoms with Crippen molar-refractivity contribution in [3.05, 3.63) is 41.5 Å². The maximum atomic E-state index is 11.1. The Kier molecular flexibility index (Phi) is 2.85. The fraction of sp³-hybridized carbons (Fsp3) is 0.438. The molecule has 1 aromatic rings. The minimum absolute atomic E-state index is 0.364. The highest BCUT2D eigenvalue weighted by molar-refractivity contribution is 5.88. The average Bonchev–Trinajstić information content (AvgIpc) is 2.86. The predicted octanol–water partition coefficient (Wildman–Crippen LogP) is 3.49. The lowest BCUT2D eigenvalue weighted by atomic mass is 9.75. The van der Waals surface area contributed by atoms with E-state index in [4.69, 9.17) is 5.11 Å². The van der Waals surface area contributed by atoms with Crippen molar-refractivity contribution >= 4 is 11.7 Å². The summed E-state index contributed by atoms with van der Waals surface area (Å²) in [5, 5.41) is 12.7. The summed E-state index contributed by atoms with van der Waals surface area (Å²) < 4.78 is 0. The van der Waals surface area contributed by atoms with E-state index in [-0.39, 0.29) is 0 Å². The number of rotatable bonds is 2. The molecule has 0 amide bonds. The maximum absolute atomic E-state index is 11.1. The smallest absolute Gasteiger partial charge is 0.335 e. The normalized spacial score (nSPS) is 27.8. The first-order chi connectivity index (χ1) is 9.08. The molecule has 3 atom stereocenters. The molecule has 1 aromatic carbocycles. The van der Waals surface area contributed by atoms with Crippen molar-refractivity contribution in [3.8, 4) is 0 Å². The van der Waals surface area contributed by atoms with Gasteiger partial charge < -0.3 is 10.4 Å². The largest absolute Gasteiger partial charge is 0.478 e. The van der Waals surface area contributed by atoms with Gasteiger partial charge in [0.25, 0.3) is 0 Å². The van der Waals surface area contributed by atoms with Gasteiger partial charge in [-0.3, -0.25) is 0 Å². The quantitative estimate of drug-likeness (QED) is 0.797. The van der Waals surface area contributed by atoms with E-state index in [0.717, 1.165) is 17.7 Å². The first-order valence-electron chi connectivity index (χ1n) is 6.88. The van der Waals surface area contributed by atoms with Gasteiger partial charge in [-0.15, -0.1) is 0 Å². The Morgan fingerprint density at radius 1 is 1.42 bits per heavy atom. The fourth-order valence-electron chi connectivity index (χ4n) is 3.43. The Hall–Kier alpha value is -1.77. The van der Waals surface area contributed by atoms with Gasteiger partial charge in [0, 0.05) is 17.6 Å². The topological polar surface area (TPSA) is 49.3 Å². The van der Waals surface area contributed by atoms with Gasteiger partial charge in [0.2, 0.25) is 0 Å². The van der Waals surface area contributed by atoms with Crippen molar-refractivity contribution in [2.75, 3.05) is 5.32 Å². The van der Waals surface area contributed by atoms with Gasteiger partial charge in [-0.25, -0.2) is 4.79 Å². The number of hydrogen-bond donors (Lipinski definition) is 2. The number of anilines is 1. The molecule has 100 valence electrons. The lowest BCUT2D eigenvalue weighted by Crippen LogP contribution is -2.39. The van der Waals surface area contributed by atoms with Gasteiger partial charge in [0.05, 0.1) is 5.56 Å². The average molecular weight is 257 g/mol. The van der Waals surface area contributed by atoms with Gasteiger partial charge in [-0.05, 0) is 42.0 Å². The first-order valence-corrected chi connectivity index (χ1v) is 6.88. The zero-order valence-corrected chi connectivity index (χ0v) is 11.3.